The first-order valence-corrected chi connectivity index (χ1v) is 5.61. The molecule has 2 rings (SSSR count). The molecule has 0 spiro atoms. The first-order chi connectivity index (χ1) is 7.24. The van der Waals surface area contributed by atoms with E-state index in [0.717, 1.165) is 37.1 Å². The summed E-state index contributed by atoms with van der Waals surface area (Å²) in [4.78, 5) is 14.0. The maximum atomic E-state index is 12.0. The zero-order valence-corrected chi connectivity index (χ0v) is 9.42. The first-order valence-electron chi connectivity index (χ1n) is 5.61. The highest BCUT2D eigenvalue weighted by atomic mass is 16.2. The van der Waals surface area contributed by atoms with Crippen molar-refractivity contribution in [1.29, 1.82) is 0 Å². The number of hydrogen-bond donors (Lipinski definition) is 0. The number of carbonyl (C=O) groups excluding carboxylic acids is 1. The first kappa shape index (κ1) is 10.2. The van der Waals surface area contributed by atoms with Crippen LogP contribution in [0.1, 0.15) is 34.8 Å². The van der Waals surface area contributed by atoms with Crippen molar-refractivity contribution in [3.05, 3.63) is 34.9 Å². The van der Waals surface area contributed by atoms with E-state index in [9.17, 15) is 4.79 Å². The number of hydrogen-bond acceptors (Lipinski definition) is 1. The van der Waals surface area contributed by atoms with E-state index in [1.807, 2.05) is 24.0 Å². The molecule has 1 aliphatic heterocycles. The van der Waals surface area contributed by atoms with Gasteiger partial charge in [-0.25, -0.2) is 0 Å². The van der Waals surface area contributed by atoms with E-state index in [1.54, 1.807) is 0 Å². The zero-order valence-electron chi connectivity index (χ0n) is 9.42. The van der Waals surface area contributed by atoms with Crippen LogP contribution in [0.25, 0.3) is 0 Å². The van der Waals surface area contributed by atoms with Crippen LogP contribution in [0.5, 0.6) is 0 Å². The van der Waals surface area contributed by atoms with Crippen LogP contribution in [-0.2, 0) is 6.42 Å². The third-order valence-corrected chi connectivity index (χ3v) is 3.20. The predicted molar refractivity (Wildman–Crippen MR) is 61.1 cm³/mol. The average Bonchev–Trinajstić information content (AvgIpc) is 2.15. The predicted octanol–water partition coefficient (Wildman–Crippen LogP) is 2.40. The van der Waals surface area contributed by atoms with E-state index in [2.05, 4.69) is 13.0 Å². The fourth-order valence-electron chi connectivity index (χ4n) is 1.99. The number of nitrogens with zero attached hydrogens (tertiary/aromatic N) is 1. The summed E-state index contributed by atoms with van der Waals surface area (Å²) < 4.78 is 0. The Morgan fingerprint density at radius 3 is 2.67 bits per heavy atom. The van der Waals surface area contributed by atoms with Crippen molar-refractivity contribution >= 4 is 5.91 Å². The number of benzene rings is 1. The fraction of sp³-hybridized carbons (Fsp3) is 0.462. The molecule has 80 valence electrons. The summed E-state index contributed by atoms with van der Waals surface area (Å²) in [6, 6.07) is 6.02. The largest absolute Gasteiger partial charge is 0.339 e. The molecule has 1 amide bonds. The Morgan fingerprint density at radius 2 is 2.13 bits per heavy atom. The Kier molecular flexibility index (Phi) is 2.76. The normalized spacial score (nSPS) is 14.9. The standard InChI is InChI=1S/C13H17NO/c1-3-11-6-4-7-12(10(11)2)13(15)14-8-5-9-14/h4,6-7H,3,5,8-9H2,1-2H3. The van der Waals surface area contributed by atoms with Crippen molar-refractivity contribution in [1.82, 2.24) is 4.90 Å². The molecule has 1 aromatic rings. The second-order valence-corrected chi connectivity index (χ2v) is 4.09. The van der Waals surface area contributed by atoms with Crippen molar-refractivity contribution < 1.29 is 4.79 Å². The molecule has 1 aliphatic rings. The van der Waals surface area contributed by atoms with E-state index >= 15 is 0 Å². The molecule has 1 aromatic carbocycles. The van der Waals surface area contributed by atoms with Crippen LogP contribution in [0.15, 0.2) is 18.2 Å². The molecule has 15 heavy (non-hydrogen) atoms. The monoisotopic (exact) mass is 203 g/mol. The molecule has 0 unspecified atom stereocenters. The van der Waals surface area contributed by atoms with Crippen molar-refractivity contribution in [2.75, 3.05) is 13.1 Å². The van der Waals surface area contributed by atoms with Crippen LogP contribution in [0.3, 0.4) is 0 Å². The van der Waals surface area contributed by atoms with Gasteiger partial charge in [0.25, 0.3) is 5.91 Å². The zero-order chi connectivity index (χ0) is 10.8. The Morgan fingerprint density at radius 1 is 1.40 bits per heavy atom. The molecule has 0 aromatic heterocycles. The van der Waals surface area contributed by atoms with E-state index in [4.69, 9.17) is 0 Å². The van der Waals surface area contributed by atoms with Gasteiger partial charge in [0.1, 0.15) is 0 Å². The third-order valence-electron chi connectivity index (χ3n) is 3.20. The number of aryl methyl sites for hydroxylation is 1. The van der Waals surface area contributed by atoms with Gasteiger partial charge in [-0.05, 0) is 37.0 Å². The minimum absolute atomic E-state index is 0.203. The van der Waals surface area contributed by atoms with Gasteiger partial charge >= 0.3 is 0 Å². The Labute approximate surface area is 90.9 Å². The van der Waals surface area contributed by atoms with Gasteiger partial charge in [0, 0.05) is 18.7 Å². The lowest BCUT2D eigenvalue weighted by Crippen LogP contribution is -2.42. The number of amides is 1. The second-order valence-electron chi connectivity index (χ2n) is 4.09. The van der Waals surface area contributed by atoms with Gasteiger partial charge in [-0.15, -0.1) is 0 Å². The fourth-order valence-corrected chi connectivity index (χ4v) is 1.99. The van der Waals surface area contributed by atoms with Gasteiger partial charge in [0.2, 0.25) is 0 Å². The SMILES string of the molecule is CCc1cccc(C(=O)N2CCC2)c1C. The molecule has 2 nitrogen and oxygen atoms in total. The summed E-state index contributed by atoms with van der Waals surface area (Å²) in [7, 11) is 0. The molecule has 0 atom stereocenters. The lowest BCUT2D eigenvalue weighted by atomic mass is 9.99. The molecule has 0 radical (unpaired) electrons. The van der Waals surface area contributed by atoms with Crippen molar-refractivity contribution in [2.45, 2.75) is 26.7 Å². The molecule has 0 saturated carbocycles. The molecule has 0 N–H and O–H groups in total. The van der Waals surface area contributed by atoms with Crippen LogP contribution in [0.2, 0.25) is 0 Å². The van der Waals surface area contributed by atoms with Crippen molar-refractivity contribution in [2.24, 2.45) is 0 Å². The van der Waals surface area contributed by atoms with Crippen LogP contribution < -0.4 is 0 Å². The highest BCUT2D eigenvalue weighted by molar-refractivity contribution is 5.96. The van der Waals surface area contributed by atoms with Crippen LogP contribution in [0.4, 0.5) is 0 Å². The quantitative estimate of drug-likeness (QED) is 0.722. The number of likely N-dealkylation sites (tertiary alicyclic amines) is 1. The molecular formula is C13H17NO. The maximum Gasteiger partial charge on any atom is 0.254 e. The van der Waals surface area contributed by atoms with Crippen molar-refractivity contribution in [3.8, 4) is 0 Å². The topological polar surface area (TPSA) is 20.3 Å². The Bertz CT molecular complexity index is 380. The van der Waals surface area contributed by atoms with Gasteiger partial charge in [0.05, 0.1) is 0 Å². The summed E-state index contributed by atoms with van der Waals surface area (Å²) in [6.45, 7) is 6.02. The Balaban J connectivity index is 2.30. The van der Waals surface area contributed by atoms with Crippen LogP contribution in [-0.4, -0.2) is 23.9 Å². The smallest absolute Gasteiger partial charge is 0.254 e. The van der Waals surface area contributed by atoms with Gasteiger partial charge < -0.3 is 4.90 Å². The van der Waals surface area contributed by atoms with E-state index in [0.29, 0.717) is 0 Å². The number of rotatable bonds is 2. The molecule has 0 aliphatic carbocycles. The van der Waals surface area contributed by atoms with Gasteiger partial charge in [-0.1, -0.05) is 19.1 Å². The molecule has 2 heteroatoms. The summed E-state index contributed by atoms with van der Waals surface area (Å²) in [6.07, 6.45) is 2.14. The van der Waals surface area contributed by atoms with Crippen LogP contribution in [0, 0.1) is 6.92 Å². The summed E-state index contributed by atoms with van der Waals surface area (Å²) in [5, 5.41) is 0. The second kappa shape index (κ2) is 4.05. The molecular weight excluding hydrogens is 186 g/mol. The highest BCUT2D eigenvalue weighted by Crippen LogP contribution is 2.19. The average molecular weight is 203 g/mol. The lowest BCUT2D eigenvalue weighted by Gasteiger charge is -2.31. The highest BCUT2D eigenvalue weighted by Gasteiger charge is 2.22. The summed E-state index contributed by atoms with van der Waals surface area (Å²) >= 11 is 0. The molecule has 1 saturated heterocycles. The van der Waals surface area contributed by atoms with Gasteiger partial charge in [-0.2, -0.15) is 0 Å². The maximum absolute atomic E-state index is 12.0. The van der Waals surface area contributed by atoms with Crippen molar-refractivity contribution in [3.63, 3.8) is 0 Å². The van der Waals surface area contributed by atoms with Gasteiger partial charge in [-0.3, -0.25) is 4.79 Å². The molecule has 0 bridgehead atoms. The van der Waals surface area contributed by atoms with E-state index in [-0.39, 0.29) is 5.91 Å². The Hall–Kier alpha value is -1.31. The van der Waals surface area contributed by atoms with Gasteiger partial charge in [0.15, 0.2) is 0 Å². The lowest BCUT2D eigenvalue weighted by molar-refractivity contribution is 0.0651. The molecule has 1 heterocycles. The molecule has 1 fully saturated rings. The minimum atomic E-state index is 0.203. The van der Waals surface area contributed by atoms with Crippen LogP contribution >= 0.6 is 0 Å². The van der Waals surface area contributed by atoms with E-state index in [1.165, 1.54) is 5.56 Å². The third kappa shape index (κ3) is 1.76. The number of carbonyl (C=O) groups is 1. The minimum Gasteiger partial charge on any atom is -0.339 e. The summed E-state index contributed by atoms with van der Waals surface area (Å²) in [5.41, 5.74) is 3.31. The van der Waals surface area contributed by atoms with E-state index < -0.39 is 0 Å². The summed E-state index contributed by atoms with van der Waals surface area (Å²) in [5.74, 6) is 0.203.